The largest absolute Gasteiger partial charge is 0.494 e. The summed E-state index contributed by atoms with van der Waals surface area (Å²) < 4.78 is 6.13. The van der Waals surface area contributed by atoms with Gasteiger partial charge in [-0.2, -0.15) is 5.10 Å². The smallest absolute Gasteiger partial charge is 0.279 e. The quantitative estimate of drug-likeness (QED) is 0.567. The van der Waals surface area contributed by atoms with Crippen molar-refractivity contribution in [3.05, 3.63) is 45.5 Å². The number of benzene rings is 1. The van der Waals surface area contributed by atoms with Gasteiger partial charge in [0.25, 0.3) is 5.91 Å². The van der Waals surface area contributed by atoms with Crippen LogP contribution in [0.3, 0.4) is 0 Å². The van der Waals surface area contributed by atoms with E-state index in [0.29, 0.717) is 21.9 Å². The van der Waals surface area contributed by atoms with Gasteiger partial charge in [0, 0.05) is 10.9 Å². The summed E-state index contributed by atoms with van der Waals surface area (Å²) in [4.78, 5) is 16.9. The van der Waals surface area contributed by atoms with Gasteiger partial charge in [0.2, 0.25) is 0 Å². The highest BCUT2D eigenvalue weighted by atomic mass is 79.9. The molecule has 136 valence electrons. The molecule has 0 aliphatic carbocycles. The van der Waals surface area contributed by atoms with Crippen LogP contribution in [0.15, 0.2) is 34.1 Å². The number of nitrogens with one attached hydrogen (secondary N) is 2. The van der Waals surface area contributed by atoms with Crippen LogP contribution in [0.2, 0.25) is 0 Å². The number of anilines is 1. The van der Waals surface area contributed by atoms with E-state index in [1.54, 1.807) is 0 Å². The molecule has 0 unspecified atom stereocenters. The van der Waals surface area contributed by atoms with Gasteiger partial charge in [-0.25, -0.2) is 4.98 Å². The second kappa shape index (κ2) is 8.01. The number of hydrogen-bond donors (Lipinski definition) is 2. The van der Waals surface area contributed by atoms with Gasteiger partial charge in [-0.3, -0.25) is 15.2 Å². The molecule has 3 rings (SSSR count). The molecule has 2 aromatic heterocycles. The Morgan fingerprint density at radius 2 is 2.08 bits per heavy atom. The van der Waals surface area contributed by atoms with Gasteiger partial charge in [-0.05, 0) is 53.0 Å². The second-order valence-electron chi connectivity index (χ2n) is 5.90. The van der Waals surface area contributed by atoms with E-state index in [1.807, 2.05) is 50.4 Å². The Morgan fingerprint density at radius 3 is 2.69 bits per heavy atom. The average molecular weight is 435 g/mol. The lowest BCUT2D eigenvalue weighted by Gasteiger charge is -2.03. The van der Waals surface area contributed by atoms with Crippen LogP contribution in [0.4, 0.5) is 5.13 Å². The van der Waals surface area contributed by atoms with E-state index >= 15 is 0 Å². The Balaban J connectivity index is 1.73. The van der Waals surface area contributed by atoms with Crippen molar-refractivity contribution < 1.29 is 9.53 Å². The fraction of sp³-hybridized carbons (Fsp3) is 0.278. The first-order chi connectivity index (χ1) is 12.5. The number of carbonyl (C=O) groups excluding carboxylic acids is 1. The van der Waals surface area contributed by atoms with E-state index in [9.17, 15) is 4.79 Å². The minimum Gasteiger partial charge on any atom is -0.494 e. The number of ether oxygens (including phenoxy) is 1. The standard InChI is InChI=1S/C18H19BrN4O2S/c1-4-25-12-7-5-11(6-8-12)13-9-26-18(20-13)21-17(24)16-14(19)15(10(2)3)22-23-16/h5-10H,4H2,1-3H3,(H,22,23)(H,20,21,24). The minimum absolute atomic E-state index is 0.240. The summed E-state index contributed by atoms with van der Waals surface area (Å²) in [5.41, 5.74) is 2.99. The lowest BCUT2D eigenvalue weighted by atomic mass is 10.1. The summed E-state index contributed by atoms with van der Waals surface area (Å²) in [6.45, 7) is 6.65. The second-order valence-corrected chi connectivity index (χ2v) is 7.56. The SMILES string of the molecule is CCOc1ccc(-c2csc(NC(=O)c3n[nH]c(C(C)C)c3Br)n2)cc1. The van der Waals surface area contributed by atoms with Gasteiger partial charge in [-0.1, -0.05) is 13.8 Å². The summed E-state index contributed by atoms with van der Waals surface area (Å²) in [6, 6.07) is 7.71. The lowest BCUT2D eigenvalue weighted by molar-refractivity contribution is 0.102. The number of aromatic nitrogens is 3. The van der Waals surface area contributed by atoms with Crippen LogP contribution in [0, 0.1) is 0 Å². The molecule has 0 bridgehead atoms. The fourth-order valence-electron chi connectivity index (χ4n) is 2.38. The third-order valence-electron chi connectivity index (χ3n) is 3.71. The van der Waals surface area contributed by atoms with E-state index < -0.39 is 0 Å². The first kappa shape index (κ1) is 18.6. The predicted molar refractivity (Wildman–Crippen MR) is 107 cm³/mol. The molecule has 0 fully saturated rings. The molecule has 0 atom stereocenters. The first-order valence-corrected chi connectivity index (χ1v) is 9.90. The molecular weight excluding hydrogens is 416 g/mol. The van der Waals surface area contributed by atoms with Crippen molar-refractivity contribution in [1.29, 1.82) is 0 Å². The third kappa shape index (κ3) is 3.96. The number of halogens is 1. The summed E-state index contributed by atoms with van der Waals surface area (Å²) in [5.74, 6) is 0.765. The topological polar surface area (TPSA) is 79.9 Å². The van der Waals surface area contributed by atoms with E-state index in [4.69, 9.17) is 4.74 Å². The number of aromatic amines is 1. The molecule has 0 saturated heterocycles. The maximum atomic E-state index is 12.5. The number of thiazole rings is 1. The average Bonchev–Trinajstić information content (AvgIpc) is 3.22. The van der Waals surface area contributed by atoms with Gasteiger partial charge >= 0.3 is 0 Å². The predicted octanol–water partition coefficient (Wildman–Crippen LogP) is 5.07. The molecule has 0 saturated carbocycles. The molecule has 0 radical (unpaired) electrons. The number of amides is 1. The number of nitrogens with zero attached hydrogens (tertiary/aromatic N) is 2. The molecule has 0 aliphatic rings. The minimum atomic E-state index is -0.299. The summed E-state index contributed by atoms with van der Waals surface area (Å²) >= 11 is 4.82. The molecule has 1 amide bonds. The van der Waals surface area contributed by atoms with Gasteiger partial charge in [0.15, 0.2) is 10.8 Å². The van der Waals surface area contributed by atoms with Gasteiger partial charge < -0.3 is 4.74 Å². The molecule has 6 nitrogen and oxygen atoms in total. The molecule has 3 aromatic rings. The van der Waals surface area contributed by atoms with Crippen molar-refractivity contribution in [3.63, 3.8) is 0 Å². The Morgan fingerprint density at radius 1 is 1.35 bits per heavy atom. The number of hydrogen-bond acceptors (Lipinski definition) is 5. The fourth-order valence-corrected chi connectivity index (χ4v) is 3.91. The summed E-state index contributed by atoms with van der Waals surface area (Å²) in [5, 5.41) is 12.2. The zero-order chi connectivity index (χ0) is 18.7. The van der Waals surface area contributed by atoms with Crippen molar-refractivity contribution in [2.45, 2.75) is 26.7 Å². The molecular formula is C18H19BrN4O2S. The van der Waals surface area contributed by atoms with Crippen molar-refractivity contribution in [1.82, 2.24) is 15.2 Å². The zero-order valence-corrected chi connectivity index (χ0v) is 17.1. The highest BCUT2D eigenvalue weighted by molar-refractivity contribution is 9.10. The van der Waals surface area contributed by atoms with E-state index in [-0.39, 0.29) is 11.8 Å². The molecule has 1 aromatic carbocycles. The van der Waals surface area contributed by atoms with Crippen LogP contribution in [0.1, 0.15) is 42.9 Å². The van der Waals surface area contributed by atoms with Gasteiger partial charge in [0.1, 0.15) is 5.75 Å². The Bertz CT molecular complexity index is 902. The Labute approximate surface area is 164 Å². The van der Waals surface area contributed by atoms with Crippen LogP contribution in [0.5, 0.6) is 5.75 Å². The molecule has 8 heteroatoms. The lowest BCUT2D eigenvalue weighted by Crippen LogP contribution is -2.12. The van der Waals surface area contributed by atoms with Crippen LogP contribution in [-0.2, 0) is 0 Å². The van der Waals surface area contributed by atoms with Crippen LogP contribution < -0.4 is 10.1 Å². The van der Waals surface area contributed by atoms with Crippen molar-refractivity contribution in [3.8, 4) is 17.0 Å². The van der Waals surface area contributed by atoms with Gasteiger partial charge in [0.05, 0.1) is 22.5 Å². The third-order valence-corrected chi connectivity index (χ3v) is 5.27. The molecule has 2 N–H and O–H groups in total. The summed E-state index contributed by atoms with van der Waals surface area (Å²) in [7, 11) is 0. The summed E-state index contributed by atoms with van der Waals surface area (Å²) in [6.07, 6.45) is 0. The monoisotopic (exact) mass is 434 g/mol. The van der Waals surface area contributed by atoms with Crippen molar-refractivity contribution in [2.75, 3.05) is 11.9 Å². The van der Waals surface area contributed by atoms with Crippen LogP contribution in [-0.4, -0.2) is 27.7 Å². The van der Waals surface area contributed by atoms with Crippen molar-refractivity contribution in [2.24, 2.45) is 0 Å². The van der Waals surface area contributed by atoms with E-state index in [1.165, 1.54) is 11.3 Å². The van der Waals surface area contributed by atoms with E-state index in [0.717, 1.165) is 22.7 Å². The van der Waals surface area contributed by atoms with Gasteiger partial charge in [-0.15, -0.1) is 11.3 Å². The van der Waals surface area contributed by atoms with Crippen LogP contribution >= 0.6 is 27.3 Å². The van der Waals surface area contributed by atoms with Crippen molar-refractivity contribution >= 4 is 38.3 Å². The molecule has 0 aliphatic heterocycles. The zero-order valence-electron chi connectivity index (χ0n) is 14.7. The van der Waals surface area contributed by atoms with Crippen LogP contribution in [0.25, 0.3) is 11.3 Å². The van der Waals surface area contributed by atoms with E-state index in [2.05, 4.69) is 36.4 Å². The first-order valence-electron chi connectivity index (χ1n) is 8.23. The highest BCUT2D eigenvalue weighted by Gasteiger charge is 2.20. The number of rotatable bonds is 6. The molecule has 2 heterocycles. The normalized spacial score (nSPS) is 11.0. The Kier molecular flexibility index (Phi) is 5.73. The molecule has 0 spiro atoms. The number of H-pyrrole nitrogens is 1. The number of carbonyl (C=O) groups is 1. The highest BCUT2D eigenvalue weighted by Crippen LogP contribution is 2.29. The maximum Gasteiger partial charge on any atom is 0.279 e. The maximum absolute atomic E-state index is 12.5. The molecule has 26 heavy (non-hydrogen) atoms. The Hall–Kier alpha value is -2.19.